The molecule has 1 atom stereocenters. The smallest absolute Gasteiger partial charge is 0.255 e. The van der Waals surface area contributed by atoms with Crippen LogP contribution in [0.4, 0.5) is 0 Å². The van der Waals surface area contributed by atoms with Crippen molar-refractivity contribution >= 4 is 34.3 Å². The molecule has 0 fully saturated rings. The molecule has 196 valence electrons. The number of aromatic nitrogens is 1. The highest BCUT2D eigenvalue weighted by atomic mass is 35.5. The number of aliphatic hydroxyl groups excluding tert-OH is 1. The molecule has 2 heterocycles. The molecule has 2 amide bonds. The van der Waals surface area contributed by atoms with Crippen LogP contribution < -0.4 is 20.1 Å². The fourth-order valence-corrected chi connectivity index (χ4v) is 4.88. The summed E-state index contributed by atoms with van der Waals surface area (Å²) < 4.78 is 11.6. The number of halogens is 1. The van der Waals surface area contributed by atoms with Crippen molar-refractivity contribution in [3.8, 4) is 22.6 Å². The first kappa shape index (κ1) is 25.6. The molecular weight excluding hydrogens is 506 g/mol. The minimum absolute atomic E-state index is 0.235. The van der Waals surface area contributed by atoms with Crippen LogP contribution in [0.25, 0.3) is 22.0 Å². The Morgan fingerprint density at radius 3 is 2.63 bits per heavy atom. The van der Waals surface area contributed by atoms with Gasteiger partial charge in [-0.05, 0) is 60.4 Å². The molecule has 0 saturated heterocycles. The summed E-state index contributed by atoms with van der Waals surface area (Å²) in [4.78, 5) is 29.0. The highest BCUT2D eigenvalue weighted by molar-refractivity contribution is 6.34. The molecule has 0 radical (unpaired) electrons. The molecule has 5 rings (SSSR count). The SMILES string of the molecule is CCNC(=O)c1ccc(-c2cc3c(c(C(=O)N[C@@H](CO)Cc4c[nH]c5ccccc45)c2)OCCO3)cc1Cl. The van der Waals surface area contributed by atoms with Crippen molar-refractivity contribution in [3.63, 3.8) is 0 Å². The Balaban J connectivity index is 1.44. The average molecular weight is 534 g/mol. The number of H-pyrrole nitrogens is 1. The van der Waals surface area contributed by atoms with E-state index >= 15 is 0 Å². The standard InChI is InChI=1S/C29H28ClN3O5/c1-2-31-28(35)22-8-7-17(13-24(22)30)18-12-23(27-26(14-18)37-9-10-38-27)29(36)33-20(16-34)11-19-15-32-25-6-4-3-5-21(19)25/h3-8,12-15,20,32,34H,2,9-11,16H2,1H3,(H,31,35)(H,33,36)/t20-/m1/s1. The van der Waals surface area contributed by atoms with Gasteiger partial charge in [0.1, 0.15) is 13.2 Å². The number of rotatable bonds is 8. The van der Waals surface area contributed by atoms with Crippen molar-refractivity contribution in [3.05, 3.63) is 82.5 Å². The van der Waals surface area contributed by atoms with Crippen LogP contribution in [-0.4, -0.2) is 54.3 Å². The number of hydrogen-bond acceptors (Lipinski definition) is 5. The largest absolute Gasteiger partial charge is 0.486 e. The van der Waals surface area contributed by atoms with Gasteiger partial charge in [-0.15, -0.1) is 0 Å². The summed E-state index contributed by atoms with van der Waals surface area (Å²) >= 11 is 6.43. The van der Waals surface area contributed by atoms with E-state index < -0.39 is 11.9 Å². The number of para-hydroxylation sites is 1. The number of amides is 2. The first-order valence-electron chi connectivity index (χ1n) is 12.5. The molecule has 1 aliphatic heterocycles. The molecule has 3 aromatic carbocycles. The minimum Gasteiger partial charge on any atom is -0.486 e. The Hall–Kier alpha value is -4.01. The summed E-state index contributed by atoms with van der Waals surface area (Å²) in [7, 11) is 0. The lowest BCUT2D eigenvalue weighted by Gasteiger charge is -2.23. The molecule has 0 aliphatic carbocycles. The number of fused-ring (bicyclic) bond motifs is 2. The van der Waals surface area contributed by atoms with Gasteiger partial charge in [0.25, 0.3) is 11.8 Å². The van der Waals surface area contributed by atoms with E-state index in [2.05, 4.69) is 15.6 Å². The summed E-state index contributed by atoms with van der Waals surface area (Å²) in [6, 6.07) is 16.0. The number of hydrogen-bond donors (Lipinski definition) is 4. The maximum Gasteiger partial charge on any atom is 0.255 e. The van der Waals surface area contributed by atoms with Gasteiger partial charge in [0.05, 0.1) is 28.8 Å². The van der Waals surface area contributed by atoms with Gasteiger partial charge in [0.15, 0.2) is 11.5 Å². The molecule has 0 spiro atoms. The van der Waals surface area contributed by atoms with Gasteiger partial charge >= 0.3 is 0 Å². The number of benzene rings is 3. The van der Waals surface area contributed by atoms with Crippen LogP contribution in [0.15, 0.2) is 60.8 Å². The van der Waals surface area contributed by atoms with Crippen LogP contribution >= 0.6 is 11.6 Å². The summed E-state index contributed by atoms with van der Waals surface area (Å²) in [5.74, 6) is 0.153. The highest BCUT2D eigenvalue weighted by Crippen LogP contribution is 2.39. The zero-order valence-electron chi connectivity index (χ0n) is 20.8. The van der Waals surface area contributed by atoms with E-state index in [9.17, 15) is 14.7 Å². The molecule has 9 heteroatoms. The number of aromatic amines is 1. The van der Waals surface area contributed by atoms with Gasteiger partial charge in [-0.3, -0.25) is 9.59 Å². The minimum atomic E-state index is -0.517. The molecule has 8 nitrogen and oxygen atoms in total. The predicted octanol–water partition coefficient (Wildman–Crippen LogP) is 4.34. The Kier molecular flexibility index (Phi) is 7.53. The van der Waals surface area contributed by atoms with Gasteiger partial charge in [-0.2, -0.15) is 0 Å². The Labute approximate surface area is 224 Å². The number of carbonyl (C=O) groups is 2. The van der Waals surface area contributed by atoms with Crippen molar-refractivity contribution in [2.75, 3.05) is 26.4 Å². The van der Waals surface area contributed by atoms with Crippen LogP contribution in [0.5, 0.6) is 11.5 Å². The Morgan fingerprint density at radius 1 is 1.03 bits per heavy atom. The van der Waals surface area contributed by atoms with E-state index in [1.165, 1.54) is 0 Å². The van der Waals surface area contributed by atoms with Crippen LogP contribution in [0, 0.1) is 0 Å². The molecule has 0 unspecified atom stereocenters. The number of ether oxygens (including phenoxy) is 2. The Bertz CT molecular complexity index is 1500. The number of nitrogens with one attached hydrogen (secondary N) is 3. The predicted molar refractivity (Wildman–Crippen MR) is 146 cm³/mol. The van der Waals surface area contributed by atoms with Gasteiger partial charge in [-0.1, -0.05) is 35.9 Å². The van der Waals surface area contributed by atoms with Crippen molar-refractivity contribution in [2.24, 2.45) is 0 Å². The second-order valence-corrected chi connectivity index (χ2v) is 9.43. The van der Waals surface area contributed by atoms with Gasteiger partial charge in [-0.25, -0.2) is 0 Å². The zero-order valence-corrected chi connectivity index (χ0v) is 21.6. The summed E-state index contributed by atoms with van der Waals surface area (Å²) in [5.41, 5.74) is 4.05. The first-order chi connectivity index (χ1) is 18.5. The molecule has 38 heavy (non-hydrogen) atoms. The fourth-order valence-electron chi connectivity index (χ4n) is 4.61. The van der Waals surface area contributed by atoms with Crippen LogP contribution in [0.2, 0.25) is 5.02 Å². The maximum atomic E-state index is 13.5. The fraction of sp³-hybridized carbons (Fsp3) is 0.241. The van der Waals surface area contributed by atoms with Gasteiger partial charge in [0.2, 0.25) is 0 Å². The van der Waals surface area contributed by atoms with Crippen molar-refractivity contribution in [1.29, 1.82) is 0 Å². The second-order valence-electron chi connectivity index (χ2n) is 9.02. The number of aliphatic hydroxyl groups is 1. The quantitative estimate of drug-likeness (QED) is 0.269. The van der Waals surface area contributed by atoms with E-state index in [0.29, 0.717) is 65.0 Å². The lowest BCUT2D eigenvalue weighted by atomic mass is 9.99. The lowest BCUT2D eigenvalue weighted by Crippen LogP contribution is -2.39. The van der Waals surface area contributed by atoms with Crippen molar-refractivity contribution in [2.45, 2.75) is 19.4 Å². The van der Waals surface area contributed by atoms with E-state index in [1.54, 1.807) is 30.3 Å². The topological polar surface area (TPSA) is 113 Å². The third-order valence-corrected chi connectivity index (χ3v) is 6.78. The zero-order chi connectivity index (χ0) is 26.6. The number of carbonyl (C=O) groups excluding carboxylic acids is 2. The summed E-state index contributed by atoms with van der Waals surface area (Å²) in [5, 5.41) is 17.1. The van der Waals surface area contributed by atoms with Crippen molar-refractivity contribution < 1.29 is 24.2 Å². The average Bonchev–Trinajstić information content (AvgIpc) is 3.34. The molecule has 0 bridgehead atoms. The van der Waals surface area contributed by atoms with E-state index in [1.807, 2.05) is 37.4 Å². The molecule has 1 aromatic heterocycles. The summed E-state index contributed by atoms with van der Waals surface area (Å²) in [6.45, 7) is 2.77. The van der Waals surface area contributed by atoms with E-state index in [0.717, 1.165) is 16.5 Å². The van der Waals surface area contributed by atoms with Crippen LogP contribution in [0.1, 0.15) is 33.2 Å². The molecule has 1 aliphatic rings. The monoisotopic (exact) mass is 533 g/mol. The molecular formula is C29H28ClN3O5. The highest BCUT2D eigenvalue weighted by Gasteiger charge is 2.25. The van der Waals surface area contributed by atoms with E-state index in [-0.39, 0.29) is 12.5 Å². The first-order valence-corrected chi connectivity index (χ1v) is 12.8. The molecule has 4 aromatic rings. The van der Waals surface area contributed by atoms with Gasteiger partial charge < -0.3 is 30.2 Å². The summed E-state index contributed by atoms with van der Waals surface area (Å²) in [6.07, 6.45) is 2.34. The van der Waals surface area contributed by atoms with E-state index in [4.69, 9.17) is 21.1 Å². The third kappa shape index (κ3) is 5.18. The van der Waals surface area contributed by atoms with Crippen LogP contribution in [-0.2, 0) is 6.42 Å². The lowest BCUT2D eigenvalue weighted by molar-refractivity contribution is 0.0904. The Morgan fingerprint density at radius 2 is 1.84 bits per heavy atom. The third-order valence-electron chi connectivity index (χ3n) is 6.47. The normalized spacial score (nSPS) is 13.2. The van der Waals surface area contributed by atoms with Crippen molar-refractivity contribution in [1.82, 2.24) is 15.6 Å². The van der Waals surface area contributed by atoms with Gasteiger partial charge in [0, 0.05) is 23.6 Å². The second kappa shape index (κ2) is 11.2. The maximum absolute atomic E-state index is 13.5. The molecule has 4 N–H and O–H groups in total. The van der Waals surface area contributed by atoms with Crippen LogP contribution in [0.3, 0.4) is 0 Å². The molecule has 0 saturated carbocycles.